The zero-order valence-corrected chi connectivity index (χ0v) is 7.89. The van der Waals surface area contributed by atoms with Gasteiger partial charge in [-0.2, -0.15) is 0 Å². The van der Waals surface area contributed by atoms with E-state index in [2.05, 4.69) is 27.7 Å². The van der Waals surface area contributed by atoms with Crippen LogP contribution in [0.1, 0.15) is 53.4 Å². The molecule has 0 aliphatic carbocycles. The zero-order valence-electron chi connectivity index (χ0n) is 7.18. The van der Waals surface area contributed by atoms with Gasteiger partial charge in [0.05, 0.1) is 0 Å². The Morgan fingerprint density at radius 2 is 0.667 bits per heavy atom. The molecular weight excluding hydrogens is 136 g/mol. The van der Waals surface area contributed by atoms with Crippen LogP contribution in [0.3, 0.4) is 0 Å². The van der Waals surface area contributed by atoms with Gasteiger partial charge in [0.25, 0.3) is 0 Å². The quantitative estimate of drug-likeness (QED) is 0.572. The Morgan fingerprint density at radius 3 is 0.667 bits per heavy atom. The van der Waals surface area contributed by atoms with Crippen molar-refractivity contribution in [2.24, 2.45) is 0 Å². The molecule has 0 N–H and O–H groups in total. The van der Waals surface area contributed by atoms with Gasteiger partial charge in [-0.05, 0) is 0 Å². The van der Waals surface area contributed by atoms with Crippen molar-refractivity contribution in [1.29, 1.82) is 0 Å². The van der Waals surface area contributed by atoms with Gasteiger partial charge in [0.2, 0.25) is 0 Å². The molecule has 0 fully saturated rings. The zero-order chi connectivity index (χ0) is 6.83. The maximum atomic E-state index is 2.18. The fraction of sp³-hybridized carbons (Fsp3) is 1.00. The Balaban J connectivity index is -0.0000000720. The molecule has 0 aliphatic rings. The average Bonchev–Trinajstić information content (AvgIpc) is 1.88. The van der Waals surface area contributed by atoms with Crippen molar-refractivity contribution in [2.45, 2.75) is 53.4 Å². The van der Waals surface area contributed by atoms with Crippen molar-refractivity contribution in [3.63, 3.8) is 0 Å². The van der Waals surface area contributed by atoms with Crippen LogP contribution in [0, 0.1) is 37.7 Å². The molecule has 0 heterocycles. The van der Waals surface area contributed by atoms with Gasteiger partial charge in [-0.3, -0.25) is 0 Å². The summed E-state index contributed by atoms with van der Waals surface area (Å²) in [5.41, 5.74) is 0. The standard InChI is InChI=1S/2C4H10.Ar/c2*1-3-4-2;/h2*3-4H2,1-2H3;. The molecular formula is C8H20Ar. The predicted octanol–water partition coefficient (Wildman–Crippen LogP) is 3.61. The molecule has 0 radical (unpaired) electrons. The van der Waals surface area contributed by atoms with E-state index in [0.29, 0.717) is 0 Å². The summed E-state index contributed by atoms with van der Waals surface area (Å²) in [6.45, 7) is 8.72. The van der Waals surface area contributed by atoms with Crippen LogP contribution in [-0.2, 0) is 0 Å². The third kappa shape index (κ3) is 45.9. The summed E-state index contributed by atoms with van der Waals surface area (Å²) in [6.07, 6.45) is 5.28. The largest absolute Gasteiger partial charge is 0.0654 e. The van der Waals surface area contributed by atoms with Crippen LogP contribution in [0.5, 0.6) is 0 Å². The van der Waals surface area contributed by atoms with E-state index < -0.39 is 0 Å². The van der Waals surface area contributed by atoms with Crippen LogP contribution in [0.2, 0.25) is 0 Å². The molecule has 0 aliphatic heterocycles. The maximum Gasteiger partial charge on any atom is 0 e. The summed E-state index contributed by atoms with van der Waals surface area (Å²) in [5.74, 6) is 0. The van der Waals surface area contributed by atoms with Gasteiger partial charge in [0.15, 0.2) is 0 Å². The number of unbranched alkanes of at least 4 members (excludes halogenated alkanes) is 2. The van der Waals surface area contributed by atoms with Gasteiger partial charge < -0.3 is 0 Å². The number of hydrogen-bond acceptors (Lipinski definition) is 0. The second-order valence-corrected chi connectivity index (χ2v) is 2.00. The van der Waals surface area contributed by atoms with Crippen LogP contribution < -0.4 is 0 Å². The summed E-state index contributed by atoms with van der Waals surface area (Å²) in [7, 11) is 0. The summed E-state index contributed by atoms with van der Waals surface area (Å²) < 4.78 is 0. The fourth-order valence-electron chi connectivity index (χ4n) is 0. The van der Waals surface area contributed by atoms with E-state index in [1.54, 1.807) is 0 Å². The average molecular weight is 156 g/mol. The van der Waals surface area contributed by atoms with Crippen LogP contribution in [0.4, 0.5) is 0 Å². The van der Waals surface area contributed by atoms with Gasteiger partial charge in [0.1, 0.15) is 0 Å². The molecule has 60 valence electrons. The molecule has 0 unspecified atom stereocenters. The minimum Gasteiger partial charge on any atom is -0.0654 e. The molecule has 0 saturated carbocycles. The molecule has 0 aromatic carbocycles. The topological polar surface area (TPSA) is 0 Å². The normalized spacial score (nSPS) is 6.67. The van der Waals surface area contributed by atoms with Gasteiger partial charge >= 0.3 is 0 Å². The van der Waals surface area contributed by atoms with Crippen molar-refractivity contribution in [2.75, 3.05) is 0 Å². The molecule has 0 amide bonds. The van der Waals surface area contributed by atoms with Gasteiger partial charge in [-0.15, -0.1) is 0 Å². The molecule has 0 saturated heterocycles. The summed E-state index contributed by atoms with van der Waals surface area (Å²) in [5, 5.41) is 0. The number of rotatable bonds is 2. The maximum absolute atomic E-state index is 2.18. The minimum atomic E-state index is 0. The molecule has 9 heavy (non-hydrogen) atoms. The Labute approximate surface area is 90.4 Å². The fourth-order valence-corrected chi connectivity index (χ4v) is 0. The van der Waals surface area contributed by atoms with E-state index in [4.69, 9.17) is 0 Å². The first kappa shape index (κ1) is 16.7. The minimum absolute atomic E-state index is 0. The van der Waals surface area contributed by atoms with E-state index in [1.165, 1.54) is 25.7 Å². The molecule has 0 bridgehead atoms. The van der Waals surface area contributed by atoms with E-state index >= 15 is 0 Å². The van der Waals surface area contributed by atoms with Gasteiger partial charge in [-0.25, -0.2) is 0 Å². The van der Waals surface area contributed by atoms with Crippen molar-refractivity contribution in [1.82, 2.24) is 0 Å². The third-order valence-electron chi connectivity index (χ3n) is 1.000. The Morgan fingerprint density at radius 1 is 0.556 bits per heavy atom. The Hall–Kier alpha value is 1.26. The van der Waals surface area contributed by atoms with E-state index in [1.807, 2.05) is 0 Å². The van der Waals surface area contributed by atoms with Crippen LogP contribution in [0.25, 0.3) is 0 Å². The Bertz CT molecular complexity index is 12.5. The molecule has 0 spiro atoms. The second kappa shape index (κ2) is 22.8. The van der Waals surface area contributed by atoms with Crippen molar-refractivity contribution in [3.8, 4) is 0 Å². The van der Waals surface area contributed by atoms with Crippen molar-refractivity contribution >= 4 is 0 Å². The summed E-state index contributed by atoms with van der Waals surface area (Å²) >= 11 is 0. The van der Waals surface area contributed by atoms with Crippen LogP contribution >= 0.6 is 0 Å². The number of hydrogen-bond donors (Lipinski definition) is 0. The SMILES string of the molecule is CCCC.CCCC.[Ar]. The van der Waals surface area contributed by atoms with E-state index in [9.17, 15) is 0 Å². The van der Waals surface area contributed by atoms with Gasteiger partial charge in [0, 0.05) is 37.7 Å². The molecule has 0 rings (SSSR count). The van der Waals surface area contributed by atoms with Gasteiger partial charge in [-0.1, -0.05) is 53.4 Å². The smallest absolute Gasteiger partial charge is 0 e. The molecule has 1 heteroatoms. The van der Waals surface area contributed by atoms with Crippen molar-refractivity contribution in [3.05, 3.63) is 0 Å². The van der Waals surface area contributed by atoms with Crippen molar-refractivity contribution < 1.29 is 37.7 Å². The predicted molar refractivity (Wildman–Crippen MR) is 41.2 cm³/mol. The van der Waals surface area contributed by atoms with Crippen LogP contribution in [-0.4, -0.2) is 0 Å². The Kier molecular flexibility index (Phi) is 42.3. The summed E-state index contributed by atoms with van der Waals surface area (Å²) in [6, 6.07) is 0. The molecule has 0 aromatic heterocycles. The molecule has 0 nitrogen and oxygen atoms in total. The second-order valence-electron chi connectivity index (χ2n) is 2.00. The molecule has 0 atom stereocenters. The first-order valence-electron chi connectivity index (χ1n) is 3.83. The van der Waals surface area contributed by atoms with E-state index in [0.717, 1.165) is 0 Å². The third-order valence-corrected chi connectivity index (χ3v) is 1.000. The van der Waals surface area contributed by atoms with Crippen LogP contribution in [0.15, 0.2) is 0 Å². The monoisotopic (exact) mass is 156 g/mol. The molecule has 0 aromatic rings. The van der Waals surface area contributed by atoms with E-state index in [-0.39, 0.29) is 37.7 Å². The first-order chi connectivity index (χ1) is 3.83. The summed E-state index contributed by atoms with van der Waals surface area (Å²) in [4.78, 5) is 0. The first-order valence-corrected chi connectivity index (χ1v) is 3.83.